The largest absolute Gasteiger partial charge is 0.394 e. The minimum absolute atomic E-state index is 0.167. The Morgan fingerprint density at radius 1 is 0.358 bits per heavy atom. The minimum Gasteiger partial charge on any atom is -0.394 e. The lowest BCUT2D eigenvalue weighted by Gasteiger charge is -2.40. The number of aliphatic hydroxyl groups is 5. The first-order valence-corrected chi connectivity index (χ1v) is 42.4. The van der Waals surface area contributed by atoms with Crippen LogP contribution >= 0.6 is 0 Å². The summed E-state index contributed by atoms with van der Waals surface area (Å²) in [5.41, 5.74) is 0. The molecule has 1 aliphatic rings. The number of allylic oxidation sites excluding steroid dienone is 7. The second-order valence-electron chi connectivity index (χ2n) is 29.6. The molecule has 0 saturated carbocycles. The van der Waals surface area contributed by atoms with Gasteiger partial charge in [-0.25, -0.2) is 0 Å². The molecule has 7 unspecified atom stereocenters. The van der Waals surface area contributed by atoms with Crippen molar-refractivity contribution in [2.75, 3.05) is 13.2 Å². The van der Waals surface area contributed by atoms with Gasteiger partial charge in [-0.15, -0.1) is 0 Å². The predicted molar refractivity (Wildman–Crippen MR) is 410 cm³/mol. The highest BCUT2D eigenvalue weighted by molar-refractivity contribution is 5.76. The molecule has 560 valence electrons. The summed E-state index contributed by atoms with van der Waals surface area (Å²) in [4.78, 5) is 13.2. The van der Waals surface area contributed by atoms with E-state index in [4.69, 9.17) is 9.47 Å². The number of ether oxygens (including phenoxy) is 2. The predicted octanol–water partition coefficient (Wildman–Crippen LogP) is 24.7. The summed E-state index contributed by atoms with van der Waals surface area (Å²) in [6.07, 6.45) is 97.1. The van der Waals surface area contributed by atoms with Gasteiger partial charge in [0.15, 0.2) is 6.29 Å². The van der Waals surface area contributed by atoms with Crippen molar-refractivity contribution >= 4 is 5.91 Å². The minimum atomic E-state index is -1.57. The lowest BCUT2D eigenvalue weighted by atomic mass is 9.99. The number of unbranched alkanes of at least 4 members (excludes halogenated alkanes) is 60. The van der Waals surface area contributed by atoms with E-state index in [1.165, 1.54) is 366 Å². The Hall–Kier alpha value is -1.85. The zero-order valence-corrected chi connectivity index (χ0v) is 63.2. The number of hydrogen-bond acceptors (Lipinski definition) is 8. The highest BCUT2D eigenvalue weighted by atomic mass is 16.7. The average molecular weight is 1340 g/mol. The third-order valence-corrected chi connectivity index (χ3v) is 20.4. The van der Waals surface area contributed by atoms with Crippen molar-refractivity contribution in [1.29, 1.82) is 0 Å². The fraction of sp³-hybridized carbons (Fsp3) is 0.895. The zero-order valence-electron chi connectivity index (χ0n) is 63.2. The van der Waals surface area contributed by atoms with E-state index in [0.717, 1.165) is 51.4 Å². The Morgan fingerprint density at radius 2 is 0.621 bits per heavy atom. The maximum absolute atomic E-state index is 13.2. The van der Waals surface area contributed by atoms with Gasteiger partial charge in [-0.3, -0.25) is 4.79 Å². The van der Waals surface area contributed by atoms with Crippen LogP contribution in [0.3, 0.4) is 0 Å². The maximum Gasteiger partial charge on any atom is 0.220 e. The number of carbonyl (C=O) groups excluding carboxylic acids is 1. The van der Waals surface area contributed by atoms with Crippen molar-refractivity contribution in [3.63, 3.8) is 0 Å². The number of aliphatic hydroxyl groups excluding tert-OH is 5. The summed E-state index contributed by atoms with van der Waals surface area (Å²) >= 11 is 0. The summed E-state index contributed by atoms with van der Waals surface area (Å²) in [5.74, 6) is -0.167. The van der Waals surface area contributed by atoms with Gasteiger partial charge in [-0.05, 0) is 57.8 Å². The van der Waals surface area contributed by atoms with E-state index in [1.54, 1.807) is 6.08 Å². The lowest BCUT2D eigenvalue weighted by molar-refractivity contribution is -0.302. The first-order chi connectivity index (χ1) is 46.8. The van der Waals surface area contributed by atoms with Gasteiger partial charge in [0.1, 0.15) is 24.4 Å². The van der Waals surface area contributed by atoms with Crippen molar-refractivity contribution in [1.82, 2.24) is 5.32 Å². The van der Waals surface area contributed by atoms with Crippen LogP contribution in [-0.4, -0.2) is 87.5 Å². The van der Waals surface area contributed by atoms with Gasteiger partial charge in [-0.2, -0.15) is 0 Å². The normalized spacial score (nSPS) is 17.7. The van der Waals surface area contributed by atoms with Crippen LogP contribution in [0.4, 0.5) is 0 Å². The molecule has 0 radical (unpaired) electrons. The molecule has 9 nitrogen and oxygen atoms in total. The second kappa shape index (κ2) is 74.8. The standard InChI is InChI=1S/C86H163NO8/c1-3-5-7-9-11-13-15-17-19-21-23-25-27-29-31-33-35-36-37-38-39-40-41-42-43-44-46-48-50-52-54-56-58-60-62-64-66-68-70-72-74-76-82(90)87-79(78-94-86-85(93)84(92)83(91)81(77-88)95-86)80(89)75-73-71-69-67-65-63-61-59-57-55-53-51-49-47-45-34-32-30-28-26-24-22-20-18-16-14-12-10-8-6-4-2/h15,17,21,23,27,29,73,75,79-81,83-86,88-89,91-93H,3-14,16,18-20,22,24-26,28,30-72,74,76-78H2,1-2H3,(H,87,90)/b17-15-,23-21-,29-27-,75-73+. The van der Waals surface area contributed by atoms with Crippen LogP contribution in [0.2, 0.25) is 0 Å². The van der Waals surface area contributed by atoms with Crippen molar-refractivity contribution in [3.8, 4) is 0 Å². The van der Waals surface area contributed by atoms with Gasteiger partial charge in [0.05, 0.1) is 25.4 Å². The fourth-order valence-electron chi connectivity index (χ4n) is 13.8. The van der Waals surface area contributed by atoms with Gasteiger partial charge in [-0.1, -0.05) is 422 Å². The molecular formula is C86H163NO8. The SMILES string of the molecule is CCCCCCC/C=C\C/C=C\C/C=C\CCCCCCCCCCCCCCCCCCCCCCCCCCCCC(=O)NC(COC1OC(CO)C(O)C(O)C1O)C(O)/C=C/CCCCCCCCCCCCCCCCCCCCCCCCCCCCCCC. The molecule has 0 bridgehead atoms. The molecule has 0 aromatic rings. The van der Waals surface area contributed by atoms with Crippen LogP contribution in [0.1, 0.15) is 438 Å². The van der Waals surface area contributed by atoms with E-state index >= 15 is 0 Å². The molecular weight excluding hydrogens is 1170 g/mol. The summed E-state index contributed by atoms with van der Waals surface area (Å²) in [5, 5.41) is 55.0. The molecule has 7 atom stereocenters. The Morgan fingerprint density at radius 3 is 0.916 bits per heavy atom. The number of nitrogens with one attached hydrogen (secondary N) is 1. The molecule has 0 aromatic carbocycles. The highest BCUT2D eigenvalue weighted by Crippen LogP contribution is 2.24. The molecule has 0 spiro atoms. The van der Waals surface area contributed by atoms with Crippen LogP contribution in [-0.2, 0) is 14.3 Å². The van der Waals surface area contributed by atoms with Gasteiger partial charge < -0.3 is 40.3 Å². The van der Waals surface area contributed by atoms with E-state index in [2.05, 4.69) is 55.6 Å². The van der Waals surface area contributed by atoms with E-state index in [-0.39, 0.29) is 12.5 Å². The van der Waals surface area contributed by atoms with Crippen molar-refractivity contribution in [3.05, 3.63) is 48.6 Å². The fourth-order valence-corrected chi connectivity index (χ4v) is 13.8. The molecule has 1 amide bonds. The lowest BCUT2D eigenvalue weighted by Crippen LogP contribution is -2.60. The summed E-state index contributed by atoms with van der Waals surface area (Å²) in [7, 11) is 0. The Labute approximate surface area is 590 Å². The van der Waals surface area contributed by atoms with Crippen molar-refractivity contribution in [2.24, 2.45) is 0 Å². The average Bonchev–Trinajstić information content (AvgIpc) is 0.836. The van der Waals surface area contributed by atoms with E-state index in [9.17, 15) is 30.3 Å². The van der Waals surface area contributed by atoms with E-state index < -0.39 is 49.5 Å². The molecule has 0 aromatic heterocycles. The number of rotatable bonds is 76. The highest BCUT2D eigenvalue weighted by Gasteiger charge is 2.44. The van der Waals surface area contributed by atoms with Crippen LogP contribution in [0.5, 0.6) is 0 Å². The molecule has 95 heavy (non-hydrogen) atoms. The monoisotopic (exact) mass is 1340 g/mol. The Bertz CT molecular complexity index is 1650. The third-order valence-electron chi connectivity index (χ3n) is 20.4. The first-order valence-electron chi connectivity index (χ1n) is 42.4. The van der Waals surface area contributed by atoms with E-state index in [0.29, 0.717) is 6.42 Å². The Kier molecular flexibility index (Phi) is 71.8. The maximum atomic E-state index is 13.2. The number of amides is 1. The molecule has 0 aliphatic carbocycles. The van der Waals surface area contributed by atoms with Crippen molar-refractivity contribution < 1.29 is 39.8 Å². The molecule has 1 fully saturated rings. The van der Waals surface area contributed by atoms with Crippen LogP contribution in [0.15, 0.2) is 48.6 Å². The van der Waals surface area contributed by atoms with E-state index in [1.807, 2.05) is 6.08 Å². The van der Waals surface area contributed by atoms with Gasteiger partial charge in [0.25, 0.3) is 0 Å². The Balaban J connectivity index is 2.03. The second-order valence-corrected chi connectivity index (χ2v) is 29.6. The number of hydrogen-bond donors (Lipinski definition) is 6. The van der Waals surface area contributed by atoms with Crippen LogP contribution in [0.25, 0.3) is 0 Å². The first kappa shape index (κ1) is 91.2. The van der Waals surface area contributed by atoms with Gasteiger partial charge in [0, 0.05) is 6.42 Å². The molecule has 6 N–H and O–H groups in total. The molecule has 1 aliphatic heterocycles. The smallest absolute Gasteiger partial charge is 0.220 e. The van der Waals surface area contributed by atoms with Crippen molar-refractivity contribution in [2.45, 2.75) is 480 Å². The summed E-state index contributed by atoms with van der Waals surface area (Å²) in [6.45, 7) is 3.83. The summed E-state index contributed by atoms with van der Waals surface area (Å²) < 4.78 is 11.4. The molecule has 1 heterocycles. The van der Waals surface area contributed by atoms with Crippen LogP contribution < -0.4 is 5.32 Å². The van der Waals surface area contributed by atoms with Gasteiger partial charge >= 0.3 is 0 Å². The van der Waals surface area contributed by atoms with Gasteiger partial charge in [0.2, 0.25) is 5.91 Å². The molecule has 1 rings (SSSR count). The topological polar surface area (TPSA) is 149 Å². The molecule has 9 heteroatoms. The summed E-state index contributed by atoms with van der Waals surface area (Å²) in [6, 6.07) is -0.806. The quantitative estimate of drug-likeness (QED) is 0.0261. The third kappa shape index (κ3) is 62.9. The van der Waals surface area contributed by atoms with Crippen LogP contribution in [0, 0.1) is 0 Å². The zero-order chi connectivity index (χ0) is 68.5. The number of carbonyl (C=O) groups is 1. The molecule has 1 saturated heterocycles.